The minimum Gasteiger partial charge on any atom is -0.481 e. The van der Waals surface area contributed by atoms with Crippen molar-refractivity contribution in [3.8, 4) is 0 Å². The summed E-state index contributed by atoms with van der Waals surface area (Å²) in [6.07, 6.45) is 11.1. The van der Waals surface area contributed by atoms with E-state index in [1.807, 2.05) is 25.1 Å². The van der Waals surface area contributed by atoms with Gasteiger partial charge in [-0.2, -0.15) is 0 Å². The van der Waals surface area contributed by atoms with Crippen molar-refractivity contribution in [1.82, 2.24) is 10.3 Å². The maximum absolute atomic E-state index is 14.0. The predicted octanol–water partition coefficient (Wildman–Crippen LogP) is 9.43. The van der Waals surface area contributed by atoms with Crippen LogP contribution in [0.5, 0.6) is 0 Å². The van der Waals surface area contributed by atoms with Gasteiger partial charge in [-0.15, -0.1) is 0 Å². The fraction of sp³-hybridized carbons (Fsp3) is 0.756. The molecular weight excluding hydrogens is 665 g/mol. The van der Waals surface area contributed by atoms with Crippen molar-refractivity contribution >= 4 is 23.6 Å². The van der Waals surface area contributed by atoms with Gasteiger partial charge >= 0.3 is 11.9 Å². The number of carboxylic acid groups (broad SMARTS) is 1. The zero-order valence-electron chi connectivity index (χ0n) is 34.2. The number of allylic oxidation sites excluding steroid dienone is 2. The first-order valence-electron chi connectivity index (χ1n) is 20.5. The van der Waals surface area contributed by atoms with E-state index in [4.69, 9.17) is 4.74 Å². The van der Waals surface area contributed by atoms with Crippen LogP contribution in [-0.4, -0.2) is 39.8 Å². The molecule has 0 saturated heterocycles. The standard InChI is InChI=1S/C45H66N2O6/c1-27(2)37-31(48)25-45(21-18-35(49)47-28(3)30-13-11-12-24-46-30)23-22-43(9)29(38(37)45)14-15-33-42(8)19-17-34(53-36(50)26-40(4,5)39(51)52)41(6,7)32(42)16-20-44(33,43)10/h11-13,24,27-29,32-34H,14-23,25-26H2,1-10H3,(H,47,49)(H,51,52)/t28-,29?,32?,33?,34-,42?,43+,44+,45?/m0/s1. The normalized spacial score (nSPS) is 36.8. The van der Waals surface area contributed by atoms with Gasteiger partial charge in [-0.1, -0.05) is 60.1 Å². The highest BCUT2D eigenvalue weighted by molar-refractivity contribution is 6.00. The minimum atomic E-state index is -1.16. The van der Waals surface area contributed by atoms with Crippen LogP contribution in [0, 0.1) is 56.2 Å². The van der Waals surface area contributed by atoms with Crippen molar-refractivity contribution in [3.63, 3.8) is 0 Å². The summed E-state index contributed by atoms with van der Waals surface area (Å²) >= 11 is 0. The topological polar surface area (TPSA) is 123 Å². The number of carbonyl (C=O) groups is 4. The minimum absolute atomic E-state index is 0.0204. The molecule has 5 aliphatic carbocycles. The van der Waals surface area contributed by atoms with Crippen molar-refractivity contribution < 1.29 is 29.0 Å². The highest BCUT2D eigenvalue weighted by Crippen LogP contribution is 2.77. The molecule has 0 bridgehead atoms. The van der Waals surface area contributed by atoms with Gasteiger partial charge in [0.1, 0.15) is 6.10 Å². The zero-order chi connectivity index (χ0) is 38.9. The number of ketones is 1. The number of amides is 1. The van der Waals surface area contributed by atoms with Crippen LogP contribution in [0.3, 0.4) is 0 Å². The van der Waals surface area contributed by atoms with Crippen LogP contribution in [0.1, 0.15) is 158 Å². The number of hydrogen-bond acceptors (Lipinski definition) is 6. The van der Waals surface area contributed by atoms with Crippen LogP contribution < -0.4 is 5.32 Å². The quantitative estimate of drug-likeness (QED) is 0.230. The molecule has 1 heterocycles. The van der Waals surface area contributed by atoms with Crippen molar-refractivity contribution in [2.45, 2.75) is 158 Å². The summed E-state index contributed by atoms with van der Waals surface area (Å²) in [7, 11) is 0. The Bertz CT molecular complexity index is 1660. The summed E-state index contributed by atoms with van der Waals surface area (Å²) in [6.45, 7) is 21.7. The van der Waals surface area contributed by atoms with Gasteiger partial charge in [-0.25, -0.2) is 0 Å². The number of carbonyl (C=O) groups excluding carboxylic acids is 3. The summed E-state index contributed by atoms with van der Waals surface area (Å²) in [4.78, 5) is 56.7. The number of pyridine rings is 1. The van der Waals surface area contributed by atoms with Crippen LogP contribution in [-0.2, 0) is 23.9 Å². The van der Waals surface area contributed by atoms with Gasteiger partial charge in [0.25, 0.3) is 0 Å². The monoisotopic (exact) mass is 730 g/mol. The van der Waals surface area contributed by atoms with E-state index >= 15 is 0 Å². The number of hydrogen-bond donors (Lipinski definition) is 2. The maximum atomic E-state index is 14.0. The Balaban J connectivity index is 1.24. The molecule has 0 aliphatic heterocycles. The van der Waals surface area contributed by atoms with E-state index in [0.717, 1.165) is 62.6 Å². The summed E-state index contributed by atoms with van der Waals surface area (Å²) < 4.78 is 6.17. The molecule has 2 N–H and O–H groups in total. The zero-order valence-corrected chi connectivity index (χ0v) is 34.2. The molecule has 4 fully saturated rings. The van der Waals surface area contributed by atoms with Crippen molar-refractivity contribution in [2.24, 2.45) is 56.2 Å². The average Bonchev–Trinajstić information content (AvgIpc) is 3.38. The molecule has 8 nitrogen and oxygen atoms in total. The van der Waals surface area contributed by atoms with Crippen molar-refractivity contribution in [1.29, 1.82) is 0 Å². The molecule has 1 aromatic rings. The fourth-order valence-electron chi connectivity index (χ4n) is 13.2. The molecule has 0 aromatic carbocycles. The Labute approximate surface area is 318 Å². The van der Waals surface area contributed by atoms with Gasteiger partial charge in [0.15, 0.2) is 5.78 Å². The second-order valence-electron chi connectivity index (χ2n) is 20.2. The Morgan fingerprint density at radius 2 is 1.66 bits per heavy atom. The number of ether oxygens (including phenoxy) is 1. The Hall–Kier alpha value is -3.03. The molecule has 9 atom stereocenters. The van der Waals surface area contributed by atoms with E-state index < -0.39 is 17.4 Å². The lowest BCUT2D eigenvalue weighted by molar-refractivity contribution is -0.233. The first-order chi connectivity index (χ1) is 24.6. The molecule has 53 heavy (non-hydrogen) atoms. The highest BCUT2D eigenvalue weighted by Gasteiger charge is 2.70. The SMILES string of the molecule is CC(C)C1=C2C3CCC4C5(C)CC[C@H](OC(=O)CC(C)(C)C(=O)O)C(C)(C)C5CC[C@@]4(C)[C@]3(C)CCC2(CCC(=O)N[C@@H](C)c2ccccn2)CC1=O. The highest BCUT2D eigenvalue weighted by atomic mass is 16.5. The Morgan fingerprint density at radius 1 is 0.943 bits per heavy atom. The second kappa shape index (κ2) is 13.6. The van der Waals surface area contributed by atoms with Gasteiger partial charge < -0.3 is 15.2 Å². The summed E-state index contributed by atoms with van der Waals surface area (Å²) in [5.74, 6) is 0.259. The average molecular weight is 731 g/mol. The molecule has 5 unspecified atom stereocenters. The number of fused-ring (bicyclic) bond motifs is 7. The lowest BCUT2D eigenvalue weighted by Crippen LogP contribution is -2.65. The summed E-state index contributed by atoms with van der Waals surface area (Å²) in [5.41, 5.74) is 1.83. The van der Waals surface area contributed by atoms with E-state index in [2.05, 4.69) is 58.8 Å². The number of esters is 1. The Morgan fingerprint density at radius 3 is 2.30 bits per heavy atom. The van der Waals surface area contributed by atoms with Crippen LogP contribution in [0.2, 0.25) is 0 Å². The van der Waals surface area contributed by atoms with Gasteiger partial charge in [-0.05, 0) is 142 Å². The summed E-state index contributed by atoms with van der Waals surface area (Å²) in [6, 6.07) is 5.58. The molecule has 8 heteroatoms. The van der Waals surface area contributed by atoms with E-state index in [1.54, 1.807) is 20.0 Å². The Kier molecular flexibility index (Phi) is 10.2. The molecule has 1 aromatic heterocycles. The largest absolute Gasteiger partial charge is 0.481 e. The van der Waals surface area contributed by atoms with E-state index in [9.17, 15) is 24.3 Å². The number of carboxylic acids is 1. The maximum Gasteiger partial charge on any atom is 0.309 e. The van der Waals surface area contributed by atoms with Gasteiger partial charge in [-0.3, -0.25) is 24.2 Å². The first kappa shape index (κ1) is 39.7. The molecule has 4 saturated carbocycles. The third-order valence-corrected chi connectivity index (χ3v) is 16.3. The number of aromatic nitrogens is 1. The molecule has 5 aliphatic rings. The third-order valence-electron chi connectivity index (χ3n) is 16.3. The fourth-order valence-corrected chi connectivity index (χ4v) is 13.2. The smallest absolute Gasteiger partial charge is 0.309 e. The molecule has 6 rings (SSSR count). The molecule has 0 spiro atoms. The number of rotatable bonds is 10. The first-order valence-corrected chi connectivity index (χ1v) is 20.5. The third kappa shape index (κ3) is 6.40. The second-order valence-corrected chi connectivity index (χ2v) is 20.2. The van der Waals surface area contributed by atoms with Crippen molar-refractivity contribution in [3.05, 3.63) is 41.2 Å². The molecule has 1 amide bonds. The molecule has 292 valence electrons. The van der Waals surface area contributed by atoms with Gasteiger partial charge in [0.05, 0.1) is 23.6 Å². The van der Waals surface area contributed by atoms with Crippen LogP contribution in [0.25, 0.3) is 0 Å². The number of nitrogens with one attached hydrogen (secondary N) is 1. The van der Waals surface area contributed by atoms with Crippen LogP contribution in [0.4, 0.5) is 0 Å². The van der Waals surface area contributed by atoms with E-state index in [1.165, 1.54) is 5.57 Å². The van der Waals surface area contributed by atoms with Crippen LogP contribution >= 0.6 is 0 Å². The lowest BCUT2D eigenvalue weighted by Gasteiger charge is -2.72. The predicted molar refractivity (Wildman–Crippen MR) is 205 cm³/mol. The lowest BCUT2D eigenvalue weighted by atomic mass is 9.33. The molecule has 0 radical (unpaired) electrons. The van der Waals surface area contributed by atoms with Gasteiger partial charge in [0, 0.05) is 24.5 Å². The van der Waals surface area contributed by atoms with E-state index in [-0.39, 0.29) is 57.5 Å². The van der Waals surface area contributed by atoms with E-state index in [0.29, 0.717) is 42.8 Å². The number of aliphatic carboxylic acids is 1. The van der Waals surface area contributed by atoms with Crippen LogP contribution in [0.15, 0.2) is 35.5 Å². The number of nitrogens with zero attached hydrogens (tertiary/aromatic N) is 1. The number of Topliss-reactive ketones (excluding diaryl/α,β-unsaturated/α-hetero) is 1. The van der Waals surface area contributed by atoms with Crippen molar-refractivity contribution in [2.75, 3.05) is 0 Å². The summed E-state index contributed by atoms with van der Waals surface area (Å²) in [5, 5.41) is 12.8. The molecular formula is C45H66N2O6. The van der Waals surface area contributed by atoms with Gasteiger partial charge in [0.2, 0.25) is 5.91 Å².